The van der Waals surface area contributed by atoms with Gasteiger partial charge < -0.3 is 0 Å². The maximum Gasteiger partial charge on any atom is 0.273 e. The summed E-state index contributed by atoms with van der Waals surface area (Å²) >= 11 is 6.18. The van der Waals surface area contributed by atoms with Gasteiger partial charge in [-0.05, 0) is 37.0 Å². The SMILES string of the molecule is Cc1c([N+](=O)[O-])cc(C)c2nc(Cl)c(C(C)C)cc12. The topological polar surface area (TPSA) is 56.0 Å². The Kier molecular flexibility index (Phi) is 3.45. The average molecular weight is 279 g/mol. The molecule has 0 spiro atoms. The molecule has 0 aliphatic carbocycles. The van der Waals surface area contributed by atoms with Crippen molar-refractivity contribution in [2.45, 2.75) is 33.6 Å². The zero-order valence-electron chi connectivity index (χ0n) is 11.3. The lowest BCUT2D eigenvalue weighted by molar-refractivity contribution is -0.385. The van der Waals surface area contributed by atoms with Gasteiger partial charge in [-0.1, -0.05) is 25.4 Å². The van der Waals surface area contributed by atoms with Gasteiger partial charge in [-0.15, -0.1) is 0 Å². The van der Waals surface area contributed by atoms with Crippen molar-refractivity contribution in [3.63, 3.8) is 0 Å². The molecule has 1 aromatic carbocycles. The molecule has 0 atom stereocenters. The first-order chi connectivity index (χ1) is 8.82. The zero-order chi connectivity index (χ0) is 14.3. The molecule has 0 N–H and O–H groups in total. The third-order valence-electron chi connectivity index (χ3n) is 3.34. The van der Waals surface area contributed by atoms with E-state index in [1.54, 1.807) is 13.0 Å². The smallest absolute Gasteiger partial charge is 0.258 e. The van der Waals surface area contributed by atoms with Gasteiger partial charge in [-0.25, -0.2) is 4.98 Å². The van der Waals surface area contributed by atoms with Crippen LogP contribution in [0.2, 0.25) is 5.15 Å². The van der Waals surface area contributed by atoms with Crippen molar-refractivity contribution in [3.05, 3.63) is 44.1 Å². The molecule has 2 rings (SSSR count). The molecule has 0 bridgehead atoms. The van der Waals surface area contributed by atoms with E-state index in [4.69, 9.17) is 11.6 Å². The Morgan fingerprint density at radius 3 is 2.47 bits per heavy atom. The number of aryl methyl sites for hydroxylation is 2. The Morgan fingerprint density at radius 1 is 1.32 bits per heavy atom. The summed E-state index contributed by atoms with van der Waals surface area (Å²) in [7, 11) is 0. The average Bonchev–Trinajstić information content (AvgIpc) is 2.32. The third-order valence-corrected chi connectivity index (χ3v) is 3.64. The van der Waals surface area contributed by atoms with Crippen LogP contribution in [0.15, 0.2) is 12.1 Å². The molecule has 0 fully saturated rings. The fourth-order valence-electron chi connectivity index (χ4n) is 2.21. The number of fused-ring (bicyclic) bond motifs is 1. The Morgan fingerprint density at radius 2 is 1.95 bits per heavy atom. The van der Waals surface area contributed by atoms with Crippen LogP contribution in [-0.4, -0.2) is 9.91 Å². The number of nitro benzene ring substituents is 1. The highest BCUT2D eigenvalue weighted by atomic mass is 35.5. The summed E-state index contributed by atoms with van der Waals surface area (Å²) in [6, 6.07) is 3.47. The van der Waals surface area contributed by atoms with E-state index in [0.29, 0.717) is 10.7 Å². The van der Waals surface area contributed by atoms with Crippen LogP contribution >= 0.6 is 11.6 Å². The molecule has 0 saturated carbocycles. The first kappa shape index (κ1) is 13.7. The first-order valence-electron chi connectivity index (χ1n) is 6.07. The van der Waals surface area contributed by atoms with Gasteiger partial charge >= 0.3 is 0 Å². The third kappa shape index (κ3) is 2.28. The van der Waals surface area contributed by atoms with Crippen molar-refractivity contribution >= 4 is 28.2 Å². The van der Waals surface area contributed by atoms with Crippen LogP contribution in [0.3, 0.4) is 0 Å². The molecule has 1 heterocycles. The van der Waals surface area contributed by atoms with Gasteiger partial charge in [0.25, 0.3) is 5.69 Å². The Hall–Kier alpha value is -1.68. The molecule has 4 nitrogen and oxygen atoms in total. The first-order valence-corrected chi connectivity index (χ1v) is 6.45. The van der Waals surface area contributed by atoms with Crippen LogP contribution in [0.4, 0.5) is 5.69 Å². The molecule has 19 heavy (non-hydrogen) atoms. The van der Waals surface area contributed by atoms with Gasteiger partial charge in [-0.2, -0.15) is 0 Å². The van der Waals surface area contributed by atoms with E-state index in [0.717, 1.165) is 22.0 Å². The summed E-state index contributed by atoms with van der Waals surface area (Å²) in [6.45, 7) is 7.61. The second kappa shape index (κ2) is 4.78. The molecule has 0 radical (unpaired) electrons. The van der Waals surface area contributed by atoms with E-state index in [9.17, 15) is 10.1 Å². The normalized spacial score (nSPS) is 11.3. The monoisotopic (exact) mass is 278 g/mol. The molecule has 2 aromatic rings. The predicted molar refractivity (Wildman–Crippen MR) is 77.0 cm³/mol. The van der Waals surface area contributed by atoms with Crippen LogP contribution < -0.4 is 0 Å². The second-order valence-corrected chi connectivity index (χ2v) is 5.37. The number of nitrogens with zero attached hydrogens (tertiary/aromatic N) is 2. The maximum absolute atomic E-state index is 11.1. The number of halogens is 1. The summed E-state index contributed by atoms with van der Waals surface area (Å²) in [5.41, 5.74) is 3.18. The fourth-order valence-corrected chi connectivity index (χ4v) is 2.56. The van der Waals surface area contributed by atoms with Crippen molar-refractivity contribution in [1.29, 1.82) is 0 Å². The quantitative estimate of drug-likeness (QED) is 0.460. The van der Waals surface area contributed by atoms with Crippen molar-refractivity contribution in [3.8, 4) is 0 Å². The highest BCUT2D eigenvalue weighted by molar-refractivity contribution is 6.30. The van der Waals surface area contributed by atoms with Crippen molar-refractivity contribution < 1.29 is 4.92 Å². The van der Waals surface area contributed by atoms with E-state index >= 15 is 0 Å². The van der Waals surface area contributed by atoms with Crippen LogP contribution in [-0.2, 0) is 0 Å². The maximum atomic E-state index is 11.1. The fraction of sp³-hybridized carbons (Fsp3) is 0.357. The van der Waals surface area contributed by atoms with E-state index in [-0.39, 0.29) is 16.5 Å². The second-order valence-electron chi connectivity index (χ2n) is 5.01. The number of aromatic nitrogens is 1. The molecular formula is C14H15ClN2O2. The molecular weight excluding hydrogens is 264 g/mol. The lowest BCUT2D eigenvalue weighted by Gasteiger charge is -2.12. The van der Waals surface area contributed by atoms with Gasteiger partial charge in [0, 0.05) is 17.0 Å². The van der Waals surface area contributed by atoms with Gasteiger partial charge in [0.1, 0.15) is 5.15 Å². The standard InChI is InChI=1S/C14H15ClN2O2/c1-7(2)10-6-11-9(4)12(17(18)19)5-8(3)13(11)16-14(10)15/h5-7H,1-4H3. The van der Waals surface area contributed by atoms with Crippen molar-refractivity contribution in [1.82, 2.24) is 4.98 Å². The number of nitro groups is 1. The molecule has 0 saturated heterocycles. The Balaban J connectivity index is 2.89. The van der Waals surface area contributed by atoms with Crippen molar-refractivity contribution in [2.75, 3.05) is 0 Å². The zero-order valence-corrected chi connectivity index (χ0v) is 12.1. The summed E-state index contributed by atoms with van der Waals surface area (Å²) in [5, 5.41) is 12.3. The van der Waals surface area contributed by atoms with Crippen LogP contribution in [0, 0.1) is 24.0 Å². The van der Waals surface area contributed by atoms with Crippen LogP contribution in [0.1, 0.15) is 36.5 Å². The minimum atomic E-state index is -0.356. The lowest BCUT2D eigenvalue weighted by atomic mass is 9.98. The largest absolute Gasteiger partial charge is 0.273 e. The highest BCUT2D eigenvalue weighted by Crippen LogP contribution is 2.33. The van der Waals surface area contributed by atoms with E-state index < -0.39 is 0 Å². The van der Waals surface area contributed by atoms with Gasteiger partial charge in [-0.3, -0.25) is 10.1 Å². The molecule has 0 aliphatic rings. The van der Waals surface area contributed by atoms with Crippen molar-refractivity contribution in [2.24, 2.45) is 0 Å². The molecule has 100 valence electrons. The number of hydrogen-bond donors (Lipinski definition) is 0. The van der Waals surface area contributed by atoms with E-state index in [1.165, 1.54) is 0 Å². The van der Waals surface area contributed by atoms with E-state index in [1.807, 2.05) is 26.8 Å². The minimum absolute atomic E-state index is 0.129. The summed E-state index contributed by atoms with van der Waals surface area (Å²) < 4.78 is 0. The number of rotatable bonds is 2. The predicted octanol–water partition coefficient (Wildman–Crippen LogP) is 4.54. The molecule has 5 heteroatoms. The summed E-state index contributed by atoms with van der Waals surface area (Å²) in [4.78, 5) is 15.1. The van der Waals surface area contributed by atoms with Crippen LogP contribution in [0.5, 0.6) is 0 Å². The van der Waals surface area contributed by atoms with Gasteiger partial charge in [0.15, 0.2) is 0 Å². The highest BCUT2D eigenvalue weighted by Gasteiger charge is 2.18. The Labute approximate surface area is 116 Å². The molecule has 0 amide bonds. The van der Waals surface area contributed by atoms with Gasteiger partial charge in [0.05, 0.1) is 10.4 Å². The number of hydrogen-bond acceptors (Lipinski definition) is 3. The number of benzene rings is 1. The molecule has 0 unspecified atom stereocenters. The number of pyridine rings is 1. The molecule has 1 aromatic heterocycles. The molecule has 0 aliphatic heterocycles. The van der Waals surface area contributed by atoms with Gasteiger partial charge in [0.2, 0.25) is 0 Å². The Bertz CT molecular complexity index is 681. The summed E-state index contributed by atoms with van der Waals surface area (Å²) in [5.74, 6) is 0.225. The summed E-state index contributed by atoms with van der Waals surface area (Å²) in [6.07, 6.45) is 0. The van der Waals surface area contributed by atoms with Crippen LogP contribution in [0.25, 0.3) is 10.9 Å². The minimum Gasteiger partial charge on any atom is -0.258 e. The lowest BCUT2D eigenvalue weighted by Crippen LogP contribution is -1.99. The van der Waals surface area contributed by atoms with E-state index in [2.05, 4.69) is 4.98 Å².